The fourth-order valence-corrected chi connectivity index (χ4v) is 4.52. The highest BCUT2D eigenvalue weighted by Crippen LogP contribution is 2.29. The average Bonchev–Trinajstić information content (AvgIpc) is 3.44. The molecule has 13 heteroatoms. The largest absolute Gasteiger partial charge is 0.442 e. The van der Waals surface area contributed by atoms with E-state index in [0.717, 1.165) is 11.3 Å². The van der Waals surface area contributed by atoms with Crippen LogP contribution in [0.5, 0.6) is 0 Å². The number of aromatic nitrogens is 1. The lowest BCUT2D eigenvalue weighted by Gasteiger charge is -2.36. The maximum Gasteiger partial charge on any atom is 0.414 e. The molecule has 2 aliphatic heterocycles. The van der Waals surface area contributed by atoms with E-state index in [1.807, 2.05) is 9.80 Å². The lowest BCUT2D eigenvalue weighted by Crippen LogP contribution is -2.49. The fraction of sp³-hybridized carbons (Fsp3) is 0.409. The number of amides is 3. The molecule has 35 heavy (non-hydrogen) atoms. The van der Waals surface area contributed by atoms with E-state index in [-0.39, 0.29) is 31.4 Å². The molecule has 3 amide bonds. The number of benzene rings is 1. The Morgan fingerprint density at radius 2 is 2.09 bits per heavy atom. The minimum absolute atomic E-state index is 0.179. The molecule has 1 aromatic heterocycles. The SMILES string of the molecule is [C-]#[N+]c1cnc(NC(=O)CN2CCN(c3ccc(N4C[C@H](CNC(C)=O)OC4=O)cc3F)CC2)s1. The molecular weight excluding hydrogens is 477 g/mol. The predicted molar refractivity (Wildman–Crippen MR) is 128 cm³/mol. The zero-order chi connectivity index (χ0) is 24.9. The number of anilines is 3. The third-order valence-corrected chi connectivity index (χ3v) is 6.43. The van der Waals surface area contributed by atoms with E-state index in [4.69, 9.17) is 11.3 Å². The van der Waals surface area contributed by atoms with Crippen molar-refractivity contribution in [1.82, 2.24) is 15.2 Å². The Labute approximate surface area is 205 Å². The fourth-order valence-electron chi connectivity index (χ4n) is 3.90. The maximum atomic E-state index is 15.0. The highest BCUT2D eigenvalue weighted by atomic mass is 32.1. The summed E-state index contributed by atoms with van der Waals surface area (Å²) in [5, 5.41) is 6.11. The van der Waals surface area contributed by atoms with E-state index in [0.29, 0.717) is 47.7 Å². The van der Waals surface area contributed by atoms with Crippen molar-refractivity contribution in [2.24, 2.45) is 0 Å². The molecule has 2 aromatic rings. The Morgan fingerprint density at radius 1 is 1.31 bits per heavy atom. The van der Waals surface area contributed by atoms with Gasteiger partial charge in [0.1, 0.15) is 11.9 Å². The van der Waals surface area contributed by atoms with E-state index in [2.05, 4.69) is 20.5 Å². The van der Waals surface area contributed by atoms with Crippen molar-refractivity contribution in [2.75, 3.05) is 60.9 Å². The summed E-state index contributed by atoms with van der Waals surface area (Å²) in [6.45, 7) is 11.2. The van der Waals surface area contributed by atoms with Gasteiger partial charge in [0, 0.05) is 39.3 Å². The molecule has 2 N–H and O–H groups in total. The van der Waals surface area contributed by atoms with E-state index in [1.54, 1.807) is 12.1 Å². The van der Waals surface area contributed by atoms with Crippen molar-refractivity contribution in [2.45, 2.75) is 13.0 Å². The Balaban J connectivity index is 1.29. The van der Waals surface area contributed by atoms with Crippen LogP contribution in [0.2, 0.25) is 0 Å². The van der Waals surface area contributed by atoms with Gasteiger partial charge in [0.05, 0.1) is 37.6 Å². The van der Waals surface area contributed by atoms with Gasteiger partial charge in [-0.2, -0.15) is 0 Å². The number of ether oxygens (including phenoxy) is 1. The molecule has 184 valence electrons. The number of rotatable bonds is 7. The Morgan fingerprint density at radius 3 is 2.74 bits per heavy atom. The van der Waals surface area contributed by atoms with Crippen molar-refractivity contribution in [3.8, 4) is 0 Å². The molecule has 0 unspecified atom stereocenters. The summed E-state index contributed by atoms with van der Waals surface area (Å²) in [6.07, 6.45) is 0.343. The van der Waals surface area contributed by atoms with Crippen LogP contribution in [-0.2, 0) is 14.3 Å². The molecular formula is C22H24FN7O4S. The van der Waals surface area contributed by atoms with E-state index in [1.165, 1.54) is 24.1 Å². The molecule has 0 saturated carbocycles. The first-order valence-corrected chi connectivity index (χ1v) is 11.8. The number of carbonyl (C=O) groups is 3. The summed E-state index contributed by atoms with van der Waals surface area (Å²) >= 11 is 1.12. The zero-order valence-corrected chi connectivity index (χ0v) is 19.8. The summed E-state index contributed by atoms with van der Waals surface area (Å²) in [5.41, 5.74) is 0.815. The molecule has 11 nitrogen and oxygen atoms in total. The van der Waals surface area contributed by atoms with Gasteiger partial charge in [0.25, 0.3) is 5.00 Å². The number of hydrogen-bond acceptors (Lipinski definition) is 8. The lowest BCUT2D eigenvalue weighted by atomic mass is 10.2. The highest BCUT2D eigenvalue weighted by Gasteiger charge is 2.33. The number of halogens is 1. The van der Waals surface area contributed by atoms with Crippen LogP contribution in [0.25, 0.3) is 4.85 Å². The van der Waals surface area contributed by atoms with Gasteiger partial charge >= 0.3 is 6.09 Å². The Bertz CT molecular complexity index is 1160. The van der Waals surface area contributed by atoms with Crippen molar-refractivity contribution >= 4 is 50.8 Å². The van der Waals surface area contributed by atoms with Crippen LogP contribution >= 0.6 is 11.3 Å². The van der Waals surface area contributed by atoms with Crippen LogP contribution in [0.15, 0.2) is 24.4 Å². The van der Waals surface area contributed by atoms with Crippen molar-refractivity contribution in [3.63, 3.8) is 0 Å². The van der Waals surface area contributed by atoms with Gasteiger partial charge in [-0.25, -0.2) is 19.0 Å². The molecule has 2 aliphatic rings. The minimum Gasteiger partial charge on any atom is -0.442 e. The number of cyclic esters (lactones) is 1. The molecule has 0 radical (unpaired) electrons. The lowest BCUT2D eigenvalue weighted by molar-refractivity contribution is -0.119. The standard InChI is InChI=1S/C22H24FN7O4S/c1-14(31)25-10-16-12-30(22(33)34-16)15-3-4-18(17(23)9-15)29-7-5-28(6-8-29)13-19(32)27-21-26-11-20(24-2)35-21/h3-4,9,11,16H,5-8,10,12-13H2,1H3,(H,25,31)(H,26,27,32)/t16-/m0/s1. The molecule has 0 bridgehead atoms. The van der Waals surface area contributed by atoms with Crippen LogP contribution < -0.4 is 20.4 Å². The quantitative estimate of drug-likeness (QED) is 0.559. The minimum atomic E-state index is -0.581. The van der Waals surface area contributed by atoms with Gasteiger partial charge in [-0.3, -0.25) is 19.4 Å². The monoisotopic (exact) mass is 501 g/mol. The van der Waals surface area contributed by atoms with E-state index >= 15 is 0 Å². The van der Waals surface area contributed by atoms with Gasteiger partial charge in [-0.05, 0) is 18.2 Å². The van der Waals surface area contributed by atoms with Crippen molar-refractivity contribution in [1.29, 1.82) is 0 Å². The summed E-state index contributed by atoms with van der Waals surface area (Å²) < 4.78 is 20.2. The molecule has 2 saturated heterocycles. The Kier molecular flexibility index (Phi) is 7.42. The molecule has 2 fully saturated rings. The average molecular weight is 502 g/mol. The molecule has 1 aromatic carbocycles. The summed E-state index contributed by atoms with van der Waals surface area (Å²) in [5.74, 6) is -0.884. The second kappa shape index (κ2) is 10.7. The molecule has 0 aliphatic carbocycles. The van der Waals surface area contributed by atoms with Crippen molar-refractivity contribution < 1.29 is 23.5 Å². The summed E-state index contributed by atoms with van der Waals surface area (Å²) in [6, 6.07) is 4.62. The van der Waals surface area contributed by atoms with Crippen LogP contribution in [0.1, 0.15) is 6.92 Å². The third kappa shape index (κ3) is 6.03. The van der Waals surface area contributed by atoms with Gasteiger partial charge < -0.3 is 20.3 Å². The zero-order valence-electron chi connectivity index (χ0n) is 19.0. The second-order valence-electron chi connectivity index (χ2n) is 8.12. The molecule has 4 rings (SSSR count). The van der Waals surface area contributed by atoms with Crippen LogP contribution in [-0.4, -0.2) is 79.7 Å². The molecule has 1 atom stereocenters. The predicted octanol–water partition coefficient (Wildman–Crippen LogP) is 2.05. The van der Waals surface area contributed by atoms with Crippen molar-refractivity contribution in [3.05, 3.63) is 41.6 Å². The van der Waals surface area contributed by atoms with Crippen LogP contribution in [0.4, 0.5) is 30.7 Å². The molecule has 0 spiro atoms. The number of nitrogens with one attached hydrogen (secondary N) is 2. The van der Waals surface area contributed by atoms with Gasteiger partial charge in [-0.1, -0.05) is 0 Å². The van der Waals surface area contributed by atoms with E-state index in [9.17, 15) is 18.8 Å². The van der Waals surface area contributed by atoms with Gasteiger partial charge in [-0.15, -0.1) is 11.3 Å². The maximum absolute atomic E-state index is 15.0. The van der Waals surface area contributed by atoms with Gasteiger partial charge in [0.15, 0.2) is 5.13 Å². The normalized spacial score (nSPS) is 18.2. The first kappa shape index (κ1) is 24.4. The molecule has 3 heterocycles. The highest BCUT2D eigenvalue weighted by molar-refractivity contribution is 7.19. The number of carbonyl (C=O) groups excluding carboxylic acids is 3. The number of thiazole rings is 1. The van der Waals surface area contributed by atoms with Crippen LogP contribution in [0, 0.1) is 12.4 Å². The smallest absolute Gasteiger partial charge is 0.414 e. The Hall–Kier alpha value is -3.76. The third-order valence-electron chi connectivity index (χ3n) is 5.63. The number of piperazine rings is 1. The van der Waals surface area contributed by atoms with Crippen LogP contribution in [0.3, 0.4) is 0 Å². The summed E-state index contributed by atoms with van der Waals surface area (Å²) in [4.78, 5) is 48.0. The first-order chi connectivity index (χ1) is 16.8. The van der Waals surface area contributed by atoms with Gasteiger partial charge in [0.2, 0.25) is 11.8 Å². The summed E-state index contributed by atoms with van der Waals surface area (Å²) in [7, 11) is 0. The first-order valence-electron chi connectivity index (χ1n) is 10.9. The van der Waals surface area contributed by atoms with E-state index < -0.39 is 18.0 Å². The second-order valence-corrected chi connectivity index (χ2v) is 9.13. The number of nitrogens with zero attached hydrogens (tertiary/aromatic N) is 5. The number of hydrogen-bond donors (Lipinski definition) is 2. The topological polar surface area (TPSA) is 111 Å².